The monoisotopic (exact) mass is 458 g/mol. The number of imidazole rings is 1. The Hall–Kier alpha value is -3.23. The molecule has 0 bridgehead atoms. The number of halogens is 1. The lowest BCUT2D eigenvalue weighted by Gasteiger charge is -2.33. The highest BCUT2D eigenvalue weighted by Crippen LogP contribution is 2.34. The average Bonchev–Trinajstić information content (AvgIpc) is 3.08. The highest BCUT2D eigenvalue weighted by atomic mass is 19.1. The number of fused-ring (bicyclic) bond motifs is 1. The van der Waals surface area contributed by atoms with Crippen LogP contribution in [0, 0.1) is 5.82 Å². The highest BCUT2D eigenvalue weighted by Gasteiger charge is 2.36. The number of amides is 1. The van der Waals surface area contributed by atoms with Crippen molar-refractivity contribution in [3.05, 3.63) is 53.4 Å². The number of aliphatic imine (C=N–C) groups is 1. The van der Waals surface area contributed by atoms with Crippen LogP contribution < -0.4 is 5.32 Å². The first kappa shape index (κ1) is 24.4. The zero-order chi connectivity index (χ0) is 24.6. The summed E-state index contributed by atoms with van der Waals surface area (Å²) < 4.78 is 27.5. The summed E-state index contributed by atoms with van der Waals surface area (Å²) in [5.74, 6) is -0.237. The molecule has 1 amide bonds. The number of benzene rings is 1. The van der Waals surface area contributed by atoms with Gasteiger partial charge in [0, 0.05) is 18.0 Å². The zero-order valence-electron chi connectivity index (χ0n) is 20.2. The summed E-state index contributed by atoms with van der Waals surface area (Å²) in [7, 11) is 0. The summed E-state index contributed by atoms with van der Waals surface area (Å²) in [6.07, 6.45) is 2.65. The van der Waals surface area contributed by atoms with Gasteiger partial charge in [-0.25, -0.2) is 14.2 Å². The lowest BCUT2D eigenvalue weighted by molar-refractivity contribution is -0.153. The maximum absolute atomic E-state index is 15.0. The van der Waals surface area contributed by atoms with Crippen molar-refractivity contribution in [3.63, 3.8) is 0 Å². The number of esters is 1. The number of aromatic nitrogens is 2. The van der Waals surface area contributed by atoms with Gasteiger partial charge in [0.2, 0.25) is 0 Å². The third-order valence-electron chi connectivity index (χ3n) is 4.76. The molecule has 0 aliphatic carbocycles. The van der Waals surface area contributed by atoms with E-state index in [4.69, 9.17) is 9.47 Å². The molecule has 1 aliphatic heterocycles. The Kier molecular flexibility index (Phi) is 6.37. The number of nitrogens with zero attached hydrogens (tertiary/aromatic N) is 3. The molecule has 0 saturated carbocycles. The molecule has 9 heteroatoms. The molecule has 2 aromatic rings. The number of ether oxygens (including phenoxy) is 2. The van der Waals surface area contributed by atoms with E-state index in [-0.39, 0.29) is 12.3 Å². The van der Waals surface area contributed by atoms with E-state index in [1.807, 2.05) is 0 Å². The van der Waals surface area contributed by atoms with Gasteiger partial charge in [0.25, 0.3) is 0 Å². The molecule has 0 spiro atoms. The van der Waals surface area contributed by atoms with Gasteiger partial charge in [-0.05, 0) is 66.2 Å². The first-order chi connectivity index (χ1) is 15.2. The lowest BCUT2D eigenvalue weighted by Crippen LogP contribution is -2.43. The summed E-state index contributed by atoms with van der Waals surface area (Å²) in [6, 6.07) is 4.50. The fourth-order valence-corrected chi connectivity index (χ4v) is 3.59. The molecular formula is C24H31FN4O4. The molecule has 0 saturated heterocycles. The number of hydrogen-bond acceptors (Lipinski definition) is 6. The number of alkyl carbamates (subject to hydrolysis) is 1. The molecule has 1 atom stereocenters. The SMILES string of the molecule is CC(C)(C)OC(=O)Cc1ccc(F)c(C2(C)Cn3ccnc3C(NC(=O)OC(C)(C)C)=N2)c1. The highest BCUT2D eigenvalue weighted by molar-refractivity contribution is 6.05. The van der Waals surface area contributed by atoms with E-state index in [1.165, 1.54) is 6.07 Å². The van der Waals surface area contributed by atoms with Gasteiger partial charge in [0.1, 0.15) is 22.6 Å². The largest absolute Gasteiger partial charge is 0.460 e. The van der Waals surface area contributed by atoms with Gasteiger partial charge < -0.3 is 14.0 Å². The van der Waals surface area contributed by atoms with Crippen LogP contribution in [0.3, 0.4) is 0 Å². The molecular weight excluding hydrogens is 427 g/mol. The number of hydrogen-bond donors (Lipinski definition) is 1. The van der Waals surface area contributed by atoms with Crippen LogP contribution in [0.15, 0.2) is 35.6 Å². The molecule has 3 rings (SSSR count). The van der Waals surface area contributed by atoms with Gasteiger partial charge in [-0.1, -0.05) is 6.07 Å². The summed E-state index contributed by atoms with van der Waals surface area (Å²) in [5.41, 5.74) is -1.46. The normalized spacial score (nSPS) is 18.2. The van der Waals surface area contributed by atoms with Gasteiger partial charge in [0.15, 0.2) is 11.7 Å². The van der Waals surface area contributed by atoms with E-state index in [1.54, 1.807) is 77.6 Å². The molecule has 0 fully saturated rings. The number of carbonyl (C=O) groups is 2. The van der Waals surface area contributed by atoms with Gasteiger partial charge in [-0.3, -0.25) is 15.1 Å². The molecule has 33 heavy (non-hydrogen) atoms. The van der Waals surface area contributed by atoms with Gasteiger partial charge in [-0.2, -0.15) is 0 Å². The van der Waals surface area contributed by atoms with Crippen LogP contribution in [0.2, 0.25) is 0 Å². The summed E-state index contributed by atoms with van der Waals surface area (Å²) in [6.45, 7) is 12.7. The maximum Gasteiger partial charge on any atom is 0.413 e. The predicted octanol–water partition coefficient (Wildman–Crippen LogP) is 4.11. The Morgan fingerprint density at radius 3 is 2.45 bits per heavy atom. The van der Waals surface area contributed by atoms with Crippen molar-refractivity contribution in [2.45, 2.75) is 78.2 Å². The molecule has 1 aromatic heterocycles. The molecule has 1 aromatic carbocycles. The Labute approximate surface area is 193 Å². The van der Waals surface area contributed by atoms with Crippen molar-refractivity contribution in [3.8, 4) is 0 Å². The Bertz CT molecular complexity index is 1090. The van der Waals surface area contributed by atoms with Crippen LogP contribution in [0.4, 0.5) is 9.18 Å². The predicted molar refractivity (Wildman–Crippen MR) is 121 cm³/mol. The number of carbonyl (C=O) groups excluding carboxylic acids is 2. The van der Waals surface area contributed by atoms with Gasteiger partial charge >= 0.3 is 12.1 Å². The molecule has 2 heterocycles. The van der Waals surface area contributed by atoms with E-state index in [9.17, 15) is 14.0 Å². The van der Waals surface area contributed by atoms with E-state index in [0.29, 0.717) is 23.5 Å². The first-order valence-electron chi connectivity index (χ1n) is 10.8. The first-order valence-corrected chi connectivity index (χ1v) is 10.8. The van der Waals surface area contributed by atoms with E-state index in [2.05, 4.69) is 15.3 Å². The smallest absolute Gasteiger partial charge is 0.413 e. The van der Waals surface area contributed by atoms with Gasteiger partial charge in [0.05, 0.1) is 13.0 Å². The van der Waals surface area contributed by atoms with Crippen LogP contribution in [0.1, 0.15) is 65.4 Å². The van der Waals surface area contributed by atoms with Crippen molar-refractivity contribution in [2.75, 3.05) is 0 Å². The minimum absolute atomic E-state index is 0.00366. The number of nitrogens with one attached hydrogen (secondary N) is 1. The van der Waals surface area contributed by atoms with E-state index >= 15 is 0 Å². The zero-order valence-corrected chi connectivity index (χ0v) is 20.2. The minimum atomic E-state index is -1.06. The van der Waals surface area contributed by atoms with Crippen LogP contribution >= 0.6 is 0 Å². The fraction of sp³-hybridized carbons (Fsp3) is 0.500. The molecule has 1 aliphatic rings. The second kappa shape index (κ2) is 8.61. The minimum Gasteiger partial charge on any atom is -0.460 e. The third-order valence-corrected chi connectivity index (χ3v) is 4.76. The van der Waals surface area contributed by atoms with Crippen LogP contribution in [0.25, 0.3) is 0 Å². The summed E-state index contributed by atoms with van der Waals surface area (Å²) in [5, 5.41) is 2.64. The quantitative estimate of drug-likeness (QED) is 0.699. The fourth-order valence-electron chi connectivity index (χ4n) is 3.59. The number of amidine groups is 1. The standard InChI is InChI=1S/C24H31FN4O4/c1-22(2,3)32-18(30)13-15-8-9-17(25)16(12-15)24(7)14-29-11-10-26-20(29)19(28-24)27-21(31)33-23(4,5)6/h8-12H,13-14H2,1-7H3,(H,27,28,31). The maximum atomic E-state index is 15.0. The van der Waals surface area contributed by atoms with Crippen LogP contribution in [0.5, 0.6) is 0 Å². The number of rotatable bonds is 3. The van der Waals surface area contributed by atoms with Crippen molar-refractivity contribution in [2.24, 2.45) is 4.99 Å². The molecule has 8 nitrogen and oxygen atoms in total. The molecule has 1 unspecified atom stereocenters. The Morgan fingerprint density at radius 1 is 1.15 bits per heavy atom. The van der Waals surface area contributed by atoms with Crippen molar-refractivity contribution < 1.29 is 23.5 Å². The van der Waals surface area contributed by atoms with Crippen molar-refractivity contribution >= 4 is 17.9 Å². The van der Waals surface area contributed by atoms with E-state index < -0.39 is 34.6 Å². The van der Waals surface area contributed by atoms with Gasteiger partial charge in [-0.15, -0.1) is 0 Å². The lowest BCUT2D eigenvalue weighted by atomic mass is 9.89. The summed E-state index contributed by atoms with van der Waals surface area (Å²) >= 11 is 0. The molecule has 0 radical (unpaired) electrons. The second-order valence-corrected chi connectivity index (χ2v) is 10.3. The topological polar surface area (TPSA) is 94.8 Å². The van der Waals surface area contributed by atoms with Crippen LogP contribution in [-0.4, -0.2) is 38.7 Å². The third kappa shape index (κ3) is 6.18. The summed E-state index contributed by atoms with van der Waals surface area (Å²) in [4.78, 5) is 33.6. The van der Waals surface area contributed by atoms with Crippen molar-refractivity contribution in [1.82, 2.24) is 14.9 Å². The van der Waals surface area contributed by atoms with Crippen molar-refractivity contribution in [1.29, 1.82) is 0 Å². The Morgan fingerprint density at radius 2 is 1.82 bits per heavy atom. The molecule has 178 valence electrons. The van der Waals surface area contributed by atoms with E-state index in [0.717, 1.165) is 0 Å². The molecule has 1 N–H and O–H groups in total. The second-order valence-electron chi connectivity index (χ2n) is 10.3. The average molecular weight is 459 g/mol. The Balaban J connectivity index is 1.94. The van der Waals surface area contributed by atoms with Crippen LogP contribution in [-0.2, 0) is 32.8 Å².